The van der Waals surface area contributed by atoms with Crippen LogP contribution < -0.4 is 10.6 Å². The molecule has 0 spiro atoms. The fourth-order valence-electron chi connectivity index (χ4n) is 5.46. The van der Waals surface area contributed by atoms with Gasteiger partial charge in [-0.3, -0.25) is 4.79 Å². The van der Waals surface area contributed by atoms with Gasteiger partial charge in [-0.1, -0.05) is 69.3 Å². The first-order chi connectivity index (χ1) is 21.3. The number of nitrogens with one attached hydrogen (secondary N) is 2. The summed E-state index contributed by atoms with van der Waals surface area (Å²) in [5, 5.41) is 8.29. The minimum absolute atomic E-state index is 0.111. The number of methoxy groups -OCH3 is 1. The molecule has 2 N–H and O–H groups in total. The van der Waals surface area contributed by atoms with Crippen LogP contribution >= 0.6 is 22.7 Å². The lowest BCUT2D eigenvalue weighted by Crippen LogP contribution is -2.49. The minimum Gasteiger partial charge on any atom is -0.453 e. The molecule has 1 saturated heterocycles. The van der Waals surface area contributed by atoms with E-state index in [1.807, 2.05) is 33.2 Å². The highest BCUT2D eigenvalue weighted by Gasteiger charge is 2.27. The lowest BCUT2D eigenvalue weighted by Gasteiger charge is -2.27. The van der Waals surface area contributed by atoms with Gasteiger partial charge in [-0.25, -0.2) is 14.8 Å². The van der Waals surface area contributed by atoms with Gasteiger partial charge in [0.15, 0.2) is 0 Å². The Labute approximate surface area is 267 Å². The van der Waals surface area contributed by atoms with E-state index in [4.69, 9.17) is 4.74 Å². The number of hydrogen-bond acceptors (Lipinski definition) is 8. The Bertz CT molecular complexity index is 1530. The SMILES string of the molecule is CCCN(Cc1ncc(-c2ccc(-c3ccc(-c4cnc([C@@H]5CCCN5)s4)cc3)cc2)s1)C(=O)[C@H](CC(C)C)NC(=O)OC. The van der Waals surface area contributed by atoms with E-state index in [9.17, 15) is 9.59 Å². The maximum Gasteiger partial charge on any atom is 0.407 e. The lowest BCUT2D eigenvalue weighted by molar-refractivity contribution is -0.134. The van der Waals surface area contributed by atoms with Gasteiger partial charge in [-0.05, 0) is 60.4 Å². The molecular formula is C34H41N5O3S2. The second kappa shape index (κ2) is 14.9. The minimum atomic E-state index is -0.635. The van der Waals surface area contributed by atoms with Crippen molar-refractivity contribution in [3.8, 4) is 32.0 Å². The molecule has 0 radical (unpaired) electrons. The predicted molar refractivity (Wildman–Crippen MR) is 179 cm³/mol. The van der Waals surface area contributed by atoms with Crippen LogP contribution in [0.2, 0.25) is 0 Å². The molecule has 4 aromatic rings. The van der Waals surface area contributed by atoms with Gasteiger partial charge in [0.05, 0.1) is 29.5 Å². The molecule has 1 aliphatic heterocycles. The van der Waals surface area contributed by atoms with Crippen LogP contribution in [0.3, 0.4) is 0 Å². The number of hydrogen-bond donors (Lipinski definition) is 2. The first kappa shape index (κ1) is 31.8. The predicted octanol–water partition coefficient (Wildman–Crippen LogP) is 7.53. The number of alkyl carbamates (subject to hydrolysis) is 1. The monoisotopic (exact) mass is 631 g/mol. The van der Waals surface area contributed by atoms with Crippen LogP contribution in [0.5, 0.6) is 0 Å². The highest BCUT2D eigenvalue weighted by molar-refractivity contribution is 7.15. The first-order valence-electron chi connectivity index (χ1n) is 15.3. The van der Waals surface area contributed by atoms with Crippen LogP contribution in [-0.2, 0) is 16.1 Å². The van der Waals surface area contributed by atoms with Gasteiger partial charge in [0.25, 0.3) is 0 Å². The molecule has 0 unspecified atom stereocenters. The summed E-state index contributed by atoms with van der Waals surface area (Å²) in [5.74, 6) is 0.127. The van der Waals surface area contributed by atoms with Gasteiger partial charge in [-0.15, -0.1) is 22.7 Å². The second-order valence-corrected chi connectivity index (χ2v) is 13.7. The average molecular weight is 632 g/mol. The van der Waals surface area contributed by atoms with E-state index >= 15 is 0 Å². The molecule has 1 fully saturated rings. The van der Waals surface area contributed by atoms with Crippen molar-refractivity contribution < 1.29 is 14.3 Å². The molecule has 3 heterocycles. The molecular weight excluding hydrogens is 591 g/mol. The fraction of sp³-hybridized carbons (Fsp3) is 0.412. The Morgan fingerprint density at radius 1 is 0.977 bits per heavy atom. The van der Waals surface area contributed by atoms with Crippen molar-refractivity contribution in [3.05, 3.63) is 70.9 Å². The lowest BCUT2D eigenvalue weighted by atomic mass is 10.0. The van der Waals surface area contributed by atoms with Gasteiger partial charge in [-0.2, -0.15) is 0 Å². The Kier molecular flexibility index (Phi) is 10.8. The Hall–Kier alpha value is -3.60. The van der Waals surface area contributed by atoms with Crippen LogP contribution in [0.25, 0.3) is 32.0 Å². The zero-order valence-corrected chi connectivity index (χ0v) is 27.5. The summed E-state index contributed by atoms with van der Waals surface area (Å²) in [6, 6.07) is 17.0. The van der Waals surface area contributed by atoms with Crippen LogP contribution in [0, 0.1) is 5.92 Å². The molecule has 0 aliphatic carbocycles. The third kappa shape index (κ3) is 7.91. The molecule has 2 amide bonds. The topological polar surface area (TPSA) is 96.5 Å². The molecule has 1 aliphatic rings. The smallest absolute Gasteiger partial charge is 0.407 e. The maximum absolute atomic E-state index is 13.5. The summed E-state index contributed by atoms with van der Waals surface area (Å²) in [5.41, 5.74) is 4.60. The van der Waals surface area contributed by atoms with Crippen LogP contribution in [0.4, 0.5) is 4.79 Å². The number of amides is 2. The molecule has 8 nitrogen and oxygen atoms in total. The molecule has 5 rings (SSSR count). The number of nitrogens with zero attached hydrogens (tertiary/aromatic N) is 3. The van der Waals surface area contributed by atoms with E-state index in [1.165, 1.54) is 29.0 Å². The number of aromatic nitrogens is 2. The highest BCUT2D eigenvalue weighted by Crippen LogP contribution is 2.34. The van der Waals surface area contributed by atoms with Gasteiger partial charge in [0.1, 0.15) is 16.1 Å². The van der Waals surface area contributed by atoms with Crippen molar-refractivity contribution >= 4 is 34.7 Å². The Morgan fingerprint density at radius 3 is 2.16 bits per heavy atom. The second-order valence-electron chi connectivity index (χ2n) is 11.6. The summed E-state index contributed by atoms with van der Waals surface area (Å²) < 4.78 is 4.76. The van der Waals surface area contributed by atoms with E-state index in [-0.39, 0.29) is 11.8 Å². The Balaban J connectivity index is 1.24. The summed E-state index contributed by atoms with van der Waals surface area (Å²) in [4.78, 5) is 38.7. The van der Waals surface area contributed by atoms with Crippen LogP contribution in [-0.4, -0.2) is 53.1 Å². The molecule has 2 aromatic carbocycles. The number of carbonyl (C=O) groups is 2. The van der Waals surface area contributed by atoms with Crippen LogP contribution in [0.15, 0.2) is 60.9 Å². The van der Waals surface area contributed by atoms with E-state index in [0.29, 0.717) is 25.6 Å². The van der Waals surface area contributed by atoms with E-state index in [2.05, 4.69) is 69.1 Å². The molecule has 0 bridgehead atoms. The summed E-state index contributed by atoms with van der Waals surface area (Å²) in [6.45, 7) is 8.16. The summed E-state index contributed by atoms with van der Waals surface area (Å²) >= 11 is 3.37. The van der Waals surface area contributed by atoms with Crippen LogP contribution in [0.1, 0.15) is 62.5 Å². The molecule has 0 saturated carbocycles. The maximum atomic E-state index is 13.5. The third-order valence-corrected chi connectivity index (χ3v) is 9.91. The normalized spacial score (nSPS) is 15.3. The first-order valence-corrected chi connectivity index (χ1v) is 17.0. The van der Waals surface area contributed by atoms with E-state index in [0.717, 1.165) is 46.0 Å². The van der Waals surface area contributed by atoms with Gasteiger partial charge in [0, 0.05) is 18.9 Å². The average Bonchev–Trinajstić information content (AvgIpc) is 3.83. The fourth-order valence-corrected chi connectivity index (χ4v) is 7.44. The number of rotatable bonds is 12. The van der Waals surface area contributed by atoms with Gasteiger partial charge in [0.2, 0.25) is 5.91 Å². The summed E-state index contributed by atoms with van der Waals surface area (Å²) in [6.07, 6.45) is 7.00. The summed E-state index contributed by atoms with van der Waals surface area (Å²) in [7, 11) is 1.31. The molecule has 232 valence electrons. The molecule has 2 aromatic heterocycles. The Morgan fingerprint density at radius 2 is 1.59 bits per heavy atom. The van der Waals surface area contributed by atoms with Gasteiger partial charge < -0.3 is 20.3 Å². The van der Waals surface area contributed by atoms with Crippen molar-refractivity contribution in [2.45, 2.75) is 65.1 Å². The molecule has 2 atom stereocenters. The number of thiazole rings is 2. The third-order valence-electron chi connectivity index (χ3n) is 7.72. The number of carbonyl (C=O) groups excluding carboxylic acids is 2. The van der Waals surface area contributed by atoms with Gasteiger partial charge >= 0.3 is 6.09 Å². The van der Waals surface area contributed by atoms with Crippen molar-refractivity contribution in [1.29, 1.82) is 0 Å². The molecule has 44 heavy (non-hydrogen) atoms. The quantitative estimate of drug-likeness (QED) is 0.168. The van der Waals surface area contributed by atoms with Crippen molar-refractivity contribution in [1.82, 2.24) is 25.5 Å². The number of ether oxygens (including phenoxy) is 1. The van der Waals surface area contributed by atoms with Crippen molar-refractivity contribution in [3.63, 3.8) is 0 Å². The van der Waals surface area contributed by atoms with E-state index < -0.39 is 12.1 Å². The van der Waals surface area contributed by atoms with Crippen molar-refractivity contribution in [2.75, 3.05) is 20.2 Å². The molecule has 10 heteroatoms. The van der Waals surface area contributed by atoms with Crippen molar-refractivity contribution in [2.24, 2.45) is 5.92 Å². The van der Waals surface area contributed by atoms with E-state index in [1.54, 1.807) is 27.6 Å². The zero-order chi connectivity index (χ0) is 31.1. The zero-order valence-electron chi connectivity index (χ0n) is 25.8. The largest absolute Gasteiger partial charge is 0.453 e. The standard InChI is InChI=1S/C34H41N5O3S2/c1-5-17-39(33(40)28(18-22(2)3)38-34(41)42-4)21-31-36-19-29(43-31)25-12-8-23(9-13-25)24-10-14-26(15-11-24)30-20-37-32(44-30)27-7-6-16-35-27/h8-15,19-20,22,27-28,35H,5-7,16-18,21H2,1-4H3,(H,38,41)/t27-,28-/m0/s1. The highest BCUT2D eigenvalue weighted by atomic mass is 32.1. The number of benzene rings is 2.